The van der Waals surface area contributed by atoms with Crippen LogP contribution in [0.15, 0.2) is 41.5 Å². The molecule has 70 valence electrons. The minimum Gasteiger partial charge on any atom is -0.477 e. The summed E-state index contributed by atoms with van der Waals surface area (Å²) in [4.78, 5) is 21.9. The third-order valence-electron chi connectivity index (χ3n) is 1.97. The second-order valence-corrected chi connectivity index (χ2v) is 2.89. The zero-order chi connectivity index (χ0) is 10.1. The third kappa shape index (κ3) is 1.26. The van der Waals surface area contributed by atoms with Gasteiger partial charge < -0.3 is 9.51 Å². The molecule has 2 rings (SSSR count). The normalized spacial score (nSPS) is 10.3. The summed E-state index contributed by atoms with van der Waals surface area (Å²) in [6.45, 7) is 0. The molecule has 14 heavy (non-hydrogen) atoms. The summed E-state index contributed by atoms with van der Waals surface area (Å²) in [5, 5.41) is 8.71. The monoisotopic (exact) mass is 189 g/mol. The number of aromatic carboxylic acids is 1. The van der Waals surface area contributed by atoms with E-state index in [0.717, 1.165) is 0 Å². The topological polar surface area (TPSA) is 58.8 Å². The average Bonchev–Trinajstić information content (AvgIpc) is 2.16. The molecule has 0 amide bonds. The van der Waals surface area contributed by atoms with E-state index >= 15 is 0 Å². The first-order chi connectivity index (χ1) is 6.68. The highest BCUT2D eigenvalue weighted by Gasteiger charge is 2.08. The molecule has 0 aromatic carbocycles. The molecule has 0 radical (unpaired) electrons. The molecule has 2 heterocycles. The van der Waals surface area contributed by atoms with Gasteiger partial charge in [-0.1, -0.05) is 6.07 Å². The van der Waals surface area contributed by atoms with Crippen LogP contribution >= 0.6 is 0 Å². The molecule has 0 aliphatic heterocycles. The molecule has 4 heteroatoms. The van der Waals surface area contributed by atoms with E-state index in [4.69, 9.17) is 5.11 Å². The molecule has 0 aliphatic rings. The molecular formula is C10H7NO3. The smallest absolute Gasteiger partial charge is 0.341 e. The highest BCUT2D eigenvalue weighted by Crippen LogP contribution is 2.01. The molecule has 0 atom stereocenters. The van der Waals surface area contributed by atoms with Crippen molar-refractivity contribution in [1.82, 2.24) is 4.40 Å². The Morgan fingerprint density at radius 2 is 2.14 bits per heavy atom. The van der Waals surface area contributed by atoms with Gasteiger partial charge in [-0.3, -0.25) is 4.79 Å². The maximum atomic E-state index is 11.3. The van der Waals surface area contributed by atoms with E-state index in [0.29, 0.717) is 5.52 Å². The van der Waals surface area contributed by atoms with Crippen LogP contribution in [-0.2, 0) is 0 Å². The fourth-order valence-electron chi connectivity index (χ4n) is 1.28. The number of carboxylic acid groups (broad SMARTS) is 1. The first kappa shape index (κ1) is 8.50. The summed E-state index contributed by atoms with van der Waals surface area (Å²) >= 11 is 0. The molecule has 1 N–H and O–H groups in total. The third-order valence-corrected chi connectivity index (χ3v) is 1.97. The largest absolute Gasteiger partial charge is 0.477 e. The predicted molar refractivity (Wildman–Crippen MR) is 50.6 cm³/mol. The van der Waals surface area contributed by atoms with Gasteiger partial charge in [0, 0.05) is 24.0 Å². The number of hydrogen-bond donors (Lipinski definition) is 1. The van der Waals surface area contributed by atoms with Crippen molar-refractivity contribution < 1.29 is 9.90 Å². The van der Waals surface area contributed by atoms with Gasteiger partial charge in [-0.25, -0.2) is 4.79 Å². The van der Waals surface area contributed by atoms with Gasteiger partial charge in [0.15, 0.2) is 5.43 Å². The number of rotatable bonds is 1. The van der Waals surface area contributed by atoms with Gasteiger partial charge in [-0.15, -0.1) is 0 Å². The summed E-state index contributed by atoms with van der Waals surface area (Å²) in [7, 11) is 0. The van der Waals surface area contributed by atoms with Crippen molar-refractivity contribution in [3.8, 4) is 0 Å². The Bertz CT molecular complexity index is 557. The molecule has 0 spiro atoms. The number of carboxylic acids is 1. The zero-order valence-corrected chi connectivity index (χ0v) is 7.18. The second kappa shape index (κ2) is 2.99. The molecule has 0 fully saturated rings. The van der Waals surface area contributed by atoms with E-state index < -0.39 is 11.4 Å². The number of nitrogens with zero attached hydrogens (tertiary/aromatic N) is 1. The quantitative estimate of drug-likeness (QED) is 0.727. The van der Waals surface area contributed by atoms with Crippen LogP contribution in [0.2, 0.25) is 0 Å². The lowest BCUT2D eigenvalue weighted by Gasteiger charge is -2.00. The van der Waals surface area contributed by atoms with Gasteiger partial charge in [-0.2, -0.15) is 0 Å². The fourth-order valence-corrected chi connectivity index (χ4v) is 1.28. The van der Waals surface area contributed by atoms with Gasteiger partial charge in [0.05, 0.1) is 0 Å². The van der Waals surface area contributed by atoms with Crippen LogP contribution in [0.1, 0.15) is 10.4 Å². The van der Waals surface area contributed by atoms with Crippen molar-refractivity contribution in [2.45, 2.75) is 0 Å². The van der Waals surface area contributed by atoms with Gasteiger partial charge >= 0.3 is 5.97 Å². The van der Waals surface area contributed by atoms with Crippen molar-refractivity contribution in [3.63, 3.8) is 0 Å². The number of aromatic nitrogens is 1. The van der Waals surface area contributed by atoms with E-state index in [9.17, 15) is 9.59 Å². The fraction of sp³-hybridized carbons (Fsp3) is 0. The number of fused-ring (bicyclic) bond motifs is 1. The predicted octanol–water partition coefficient (Wildman–Crippen LogP) is 0.998. The van der Waals surface area contributed by atoms with Crippen LogP contribution in [0.25, 0.3) is 5.52 Å². The Morgan fingerprint density at radius 1 is 1.36 bits per heavy atom. The van der Waals surface area contributed by atoms with Gasteiger partial charge in [0.1, 0.15) is 5.56 Å². The number of carbonyl (C=O) groups is 1. The molecule has 0 saturated carbocycles. The first-order valence-electron chi connectivity index (χ1n) is 4.03. The van der Waals surface area contributed by atoms with Gasteiger partial charge in [0.2, 0.25) is 0 Å². The Labute approximate surface area is 79.0 Å². The average molecular weight is 189 g/mol. The maximum absolute atomic E-state index is 11.3. The van der Waals surface area contributed by atoms with Gasteiger partial charge in [0.25, 0.3) is 0 Å². The van der Waals surface area contributed by atoms with Crippen LogP contribution < -0.4 is 5.43 Å². The van der Waals surface area contributed by atoms with Crippen LogP contribution in [-0.4, -0.2) is 15.5 Å². The SMILES string of the molecule is O=C(O)c1cn2ccccc2cc1=O. The van der Waals surface area contributed by atoms with Crippen LogP contribution in [0.5, 0.6) is 0 Å². The molecule has 4 nitrogen and oxygen atoms in total. The van der Waals surface area contributed by atoms with Crippen molar-refractivity contribution >= 4 is 11.5 Å². The summed E-state index contributed by atoms with van der Waals surface area (Å²) in [6, 6.07) is 6.61. The van der Waals surface area contributed by atoms with Crippen LogP contribution in [0.3, 0.4) is 0 Å². The number of pyridine rings is 2. The van der Waals surface area contributed by atoms with E-state index in [2.05, 4.69) is 0 Å². The Balaban J connectivity index is 2.84. The Morgan fingerprint density at radius 3 is 2.86 bits per heavy atom. The molecule has 2 aromatic heterocycles. The summed E-state index contributed by atoms with van der Waals surface area (Å²) in [6.07, 6.45) is 3.02. The lowest BCUT2D eigenvalue weighted by Crippen LogP contribution is -2.15. The lowest BCUT2D eigenvalue weighted by atomic mass is 10.2. The van der Waals surface area contributed by atoms with E-state index in [-0.39, 0.29) is 5.56 Å². The zero-order valence-electron chi connectivity index (χ0n) is 7.18. The number of hydrogen-bond acceptors (Lipinski definition) is 2. The molecule has 0 aliphatic carbocycles. The first-order valence-corrected chi connectivity index (χ1v) is 4.03. The summed E-state index contributed by atoms with van der Waals surface area (Å²) < 4.78 is 1.60. The van der Waals surface area contributed by atoms with Crippen molar-refractivity contribution in [3.05, 3.63) is 52.4 Å². The second-order valence-electron chi connectivity index (χ2n) is 2.89. The standard InChI is InChI=1S/C10H7NO3/c12-9-5-7-3-1-2-4-11(7)6-8(9)10(13)14/h1-6H,(H,13,14). The van der Waals surface area contributed by atoms with Crippen LogP contribution in [0.4, 0.5) is 0 Å². The highest BCUT2D eigenvalue weighted by atomic mass is 16.4. The molecule has 2 aromatic rings. The van der Waals surface area contributed by atoms with Crippen molar-refractivity contribution in [1.29, 1.82) is 0 Å². The Kier molecular flexibility index (Phi) is 1.81. The maximum Gasteiger partial charge on any atom is 0.341 e. The minimum absolute atomic E-state index is 0.214. The van der Waals surface area contributed by atoms with E-state index in [1.165, 1.54) is 12.3 Å². The van der Waals surface area contributed by atoms with E-state index in [1.807, 2.05) is 0 Å². The van der Waals surface area contributed by atoms with Crippen molar-refractivity contribution in [2.24, 2.45) is 0 Å². The molecular weight excluding hydrogens is 182 g/mol. The summed E-state index contributed by atoms with van der Waals surface area (Å²) in [5.41, 5.74) is -0.0000926. The molecule has 0 saturated heterocycles. The van der Waals surface area contributed by atoms with Crippen LogP contribution in [0, 0.1) is 0 Å². The van der Waals surface area contributed by atoms with Crippen molar-refractivity contribution in [2.75, 3.05) is 0 Å². The lowest BCUT2D eigenvalue weighted by molar-refractivity contribution is 0.0695. The van der Waals surface area contributed by atoms with E-state index in [1.54, 1.807) is 28.8 Å². The summed E-state index contributed by atoms with van der Waals surface area (Å²) in [5.74, 6) is -1.20. The molecule has 0 unspecified atom stereocenters. The highest BCUT2D eigenvalue weighted by molar-refractivity contribution is 5.87. The Hall–Kier alpha value is -2.10. The van der Waals surface area contributed by atoms with Gasteiger partial charge in [-0.05, 0) is 12.1 Å². The minimum atomic E-state index is -1.20. The molecule has 0 bridgehead atoms.